The summed E-state index contributed by atoms with van der Waals surface area (Å²) in [5.41, 5.74) is 2.11. The predicted molar refractivity (Wildman–Crippen MR) is 80.1 cm³/mol. The first-order chi connectivity index (χ1) is 10.2. The van der Waals surface area contributed by atoms with Gasteiger partial charge in [0.1, 0.15) is 23.9 Å². The molecule has 0 aliphatic rings. The maximum Gasteiger partial charge on any atom is 0.127 e. The number of hydrogen-bond donors (Lipinski definition) is 1. The van der Waals surface area contributed by atoms with Crippen LogP contribution in [0.5, 0.6) is 11.5 Å². The summed E-state index contributed by atoms with van der Waals surface area (Å²) in [6.07, 6.45) is 0.837. The number of benzene rings is 2. The van der Waals surface area contributed by atoms with Crippen LogP contribution in [0.2, 0.25) is 0 Å². The second-order valence-corrected chi connectivity index (χ2v) is 4.84. The molecule has 0 bridgehead atoms. The fraction of sp³-hybridized carbons (Fsp3) is 0.294. The second-order valence-electron chi connectivity index (χ2n) is 4.84. The average Bonchev–Trinajstić information content (AvgIpc) is 2.51. The van der Waals surface area contributed by atoms with Crippen molar-refractivity contribution in [1.29, 1.82) is 0 Å². The molecule has 2 rings (SSSR count). The molecule has 3 nitrogen and oxygen atoms in total. The highest BCUT2D eigenvalue weighted by Crippen LogP contribution is 2.22. The van der Waals surface area contributed by atoms with E-state index in [1.54, 1.807) is 26.4 Å². The smallest absolute Gasteiger partial charge is 0.127 e. The van der Waals surface area contributed by atoms with Gasteiger partial charge in [0.25, 0.3) is 0 Å². The Morgan fingerprint density at radius 2 is 1.90 bits per heavy atom. The molecule has 0 fully saturated rings. The molecule has 4 heteroatoms. The molecule has 112 valence electrons. The van der Waals surface area contributed by atoms with Crippen molar-refractivity contribution in [2.45, 2.75) is 13.0 Å². The maximum atomic E-state index is 13.1. The molecule has 21 heavy (non-hydrogen) atoms. The summed E-state index contributed by atoms with van der Waals surface area (Å²) in [6, 6.07) is 12.5. The van der Waals surface area contributed by atoms with Crippen LogP contribution in [-0.4, -0.2) is 20.8 Å². The summed E-state index contributed by atoms with van der Waals surface area (Å²) in [4.78, 5) is 0. The van der Waals surface area contributed by atoms with Crippen molar-refractivity contribution < 1.29 is 19.2 Å². The van der Waals surface area contributed by atoms with Crippen molar-refractivity contribution in [3.8, 4) is 11.5 Å². The van der Waals surface area contributed by atoms with E-state index in [4.69, 9.17) is 9.47 Å². The van der Waals surface area contributed by atoms with E-state index in [9.17, 15) is 4.39 Å². The van der Waals surface area contributed by atoms with Gasteiger partial charge in [-0.05, 0) is 35.9 Å². The quantitative estimate of drug-likeness (QED) is 0.793. The number of methoxy groups -OCH3 is 2. The van der Waals surface area contributed by atoms with E-state index in [2.05, 4.69) is 5.32 Å². The molecule has 0 spiro atoms. The number of halogens is 1. The van der Waals surface area contributed by atoms with Crippen molar-refractivity contribution in [3.05, 3.63) is 59.4 Å². The lowest BCUT2D eigenvalue weighted by molar-refractivity contribution is -0.670. The van der Waals surface area contributed by atoms with E-state index in [-0.39, 0.29) is 5.82 Å². The Hall–Kier alpha value is -2.07. The predicted octanol–water partition coefficient (Wildman–Crippen LogP) is 2.15. The third-order valence-electron chi connectivity index (χ3n) is 3.38. The lowest BCUT2D eigenvalue weighted by atomic mass is 10.1. The molecule has 0 aliphatic heterocycles. The van der Waals surface area contributed by atoms with E-state index in [0.29, 0.717) is 0 Å². The Balaban J connectivity index is 1.88. The Labute approximate surface area is 124 Å². The van der Waals surface area contributed by atoms with E-state index in [1.807, 2.05) is 24.3 Å². The van der Waals surface area contributed by atoms with Crippen molar-refractivity contribution in [1.82, 2.24) is 0 Å². The van der Waals surface area contributed by atoms with Gasteiger partial charge in [-0.25, -0.2) is 4.39 Å². The van der Waals surface area contributed by atoms with Crippen LogP contribution >= 0.6 is 0 Å². The van der Waals surface area contributed by atoms with Crippen LogP contribution in [0.3, 0.4) is 0 Å². The number of nitrogens with two attached hydrogens (primary N) is 1. The molecule has 0 heterocycles. The lowest BCUT2D eigenvalue weighted by Crippen LogP contribution is -2.83. The Kier molecular flexibility index (Phi) is 5.58. The van der Waals surface area contributed by atoms with E-state index in [1.165, 1.54) is 6.07 Å². The van der Waals surface area contributed by atoms with Gasteiger partial charge in [-0.15, -0.1) is 0 Å². The topological polar surface area (TPSA) is 35.1 Å². The van der Waals surface area contributed by atoms with Gasteiger partial charge in [-0.2, -0.15) is 0 Å². The highest BCUT2D eigenvalue weighted by Gasteiger charge is 2.07. The largest absolute Gasteiger partial charge is 0.497 e. The van der Waals surface area contributed by atoms with Gasteiger partial charge >= 0.3 is 0 Å². The molecule has 0 aliphatic carbocycles. The van der Waals surface area contributed by atoms with E-state index < -0.39 is 0 Å². The number of hydrogen-bond acceptors (Lipinski definition) is 2. The van der Waals surface area contributed by atoms with E-state index >= 15 is 0 Å². The molecule has 2 aromatic rings. The number of rotatable bonds is 7. The normalized spacial score (nSPS) is 10.4. The molecule has 0 atom stereocenters. The molecule has 0 saturated carbocycles. The first kappa shape index (κ1) is 15.3. The van der Waals surface area contributed by atoms with Crippen LogP contribution in [0.1, 0.15) is 11.1 Å². The van der Waals surface area contributed by atoms with Gasteiger partial charge < -0.3 is 14.8 Å². The third kappa shape index (κ3) is 4.46. The summed E-state index contributed by atoms with van der Waals surface area (Å²) < 4.78 is 23.7. The van der Waals surface area contributed by atoms with Crippen molar-refractivity contribution in [2.24, 2.45) is 0 Å². The van der Waals surface area contributed by atoms with Crippen LogP contribution in [0, 0.1) is 5.82 Å². The molecule has 2 N–H and O–H groups in total. The van der Waals surface area contributed by atoms with Gasteiger partial charge in [-0.1, -0.05) is 12.1 Å². The fourth-order valence-corrected chi connectivity index (χ4v) is 2.26. The van der Waals surface area contributed by atoms with Gasteiger partial charge in [0.2, 0.25) is 0 Å². The molecule has 2 aromatic carbocycles. The van der Waals surface area contributed by atoms with Crippen LogP contribution in [-0.2, 0) is 13.0 Å². The van der Waals surface area contributed by atoms with Gasteiger partial charge in [-0.3, -0.25) is 0 Å². The monoisotopic (exact) mass is 290 g/mol. The average molecular weight is 290 g/mol. The van der Waals surface area contributed by atoms with Crippen LogP contribution in [0.25, 0.3) is 0 Å². The highest BCUT2D eigenvalue weighted by molar-refractivity contribution is 5.39. The standard InChI is InChI=1S/C17H20FNO2/c1-20-16-6-7-17(21-2)14(11-16)12-19-9-8-13-4-3-5-15(18)10-13/h3-7,10-11,19H,8-9,12H2,1-2H3/p+1. The summed E-state index contributed by atoms with van der Waals surface area (Å²) in [5, 5.41) is 2.18. The van der Waals surface area contributed by atoms with Gasteiger partial charge in [0.15, 0.2) is 0 Å². The zero-order valence-corrected chi connectivity index (χ0v) is 12.4. The minimum atomic E-state index is -0.179. The molecule has 0 saturated heterocycles. The zero-order chi connectivity index (χ0) is 15.1. The summed E-state index contributed by atoms with van der Waals surface area (Å²) in [7, 11) is 3.32. The fourth-order valence-electron chi connectivity index (χ4n) is 2.26. The lowest BCUT2D eigenvalue weighted by Gasteiger charge is -2.09. The first-order valence-corrected chi connectivity index (χ1v) is 7.00. The summed E-state index contributed by atoms with van der Waals surface area (Å²) in [6.45, 7) is 1.69. The zero-order valence-electron chi connectivity index (χ0n) is 12.4. The molecular formula is C17H21FNO2+. The molecule has 0 amide bonds. The number of ether oxygens (including phenoxy) is 2. The molecule has 0 radical (unpaired) electrons. The molecular weight excluding hydrogens is 269 g/mol. The van der Waals surface area contributed by atoms with Crippen LogP contribution in [0.4, 0.5) is 4.39 Å². The Morgan fingerprint density at radius 1 is 1.05 bits per heavy atom. The van der Waals surface area contributed by atoms with Gasteiger partial charge in [0, 0.05) is 6.42 Å². The summed E-state index contributed by atoms with van der Waals surface area (Å²) >= 11 is 0. The van der Waals surface area contributed by atoms with Crippen molar-refractivity contribution in [2.75, 3.05) is 20.8 Å². The SMILES string of the molecule is COc1ccc(OC)c(C[NH2+]CCc2cccc(F)c2)c1. The second kappa shape index (κ2) is 7.64. The van der Waals surface area contributed by atoms with Crippen LogP contribution in [0.15, 0.2) is 42.5 Å². The third-order valence-corrected chi connectivity index (χ3v) is 3.38. The number of quaternary nitrogens is 1. The summed E-state index contributed by atoms with van der Waals surface area (Å²) in [5.74, 6) is 1.50. The maximum absolute atomic E-state index is 13.1. The molecule has 0 aromatic heterocycles. The van der Waals surface area contributed by atoms with Crippen molar-refractivity contribution >= 4 is 0 Å². The van der Waals surface area contributed by atoms with Crippen LogP contribution < -0.4 is 14.8 Å². The Morgan fingerprint density at radius 3 is 2.62 bits per heavy atom. The molecule has 0 unspecified atom stereocenters. The minimum Gasteiger partial charge on any atom is -0.497 e. The van der Waals surface area contributed by atoms with Crippen molar-refractivity contribution in [3.63, 3.8) is 0 Å². The van der Waals surface area contributed by atoms with E-state index in [0.717, 1.165) is 42.1 Å². The van der Waals surface area contributed by atoms with Gasteiger partial charge in [0.05, 0.1) is 26.3 Å². The highest BCUT2D eigenvalue weighted by atomic mass is 19.1. The minimum absolute atomic E-state index is 0.179. The Bertz CT molecular complexity index is 587. The first-order valence-electron chi connectivity index (χ1n) is 7.00.